The molecule has 1 aliphatic carbocycles. The maximum atomic E-state index is 14.1. The van der Waals surface area contributed by atoms with Crippen LogP contribution in [0.25, 0.3) is 11.0 Å². The predicted octanol–water partition coefficient (Wildman–Crippen LogP) is 5.76. The molecule has 0 atom stereocenters. The van der Waals surface area contributed by atoms with Crippen LogP contribution >= 0.6 is 0 Å². The van der Waals surface area contributed by atoms with Crippen molar-refractivity contribution in [3.63, 3.8) is 0 Å². The number of carbonyl (C=O) groups excluding carboxylic acids is 2. The third kappa shape index (κ3) is 4.47. The van der Waals surface area contributed by atoms with E-state index in [2.05, 4.69) is 0 Å². The zero-order chi connectivity index (χ0) is 25.5. The van der Waals surface area contributed by atoms with Gasteiger partial charge >= 0.3 is 5.97 Å². The number of anilines is 1. The number of methoxy groups -OCH3 is 1. The summed E-state index contributed by atoms with van der Waals surface area (Å²) in [5.74, 6) is -1.05. The first-order valence-corrected chi connectivity index (χ1v) is 13.3. The van der Waals surface area contributed by atoms with Gasteiger partial charge in [-0.05, 0) is 81.5 Å². The van der Waals surface area contributed by atoms with E-state index >= 15 is 0 Å². The predicted molar refractivity (Wildman–Crippen MR) is 134 cm³/mol. The average Bonchev–Trinajstić information content (AvgIpc) is 3.16. The van der Waals surface area contributed by atoms with Crippen molar-refractivity contribution >= 4 is 38.6 Å². The fourth-order valence-corrected chi connectivity index (χ4v) is 6.67. The third-order valence-corrected chi connectivity index (χ3v) is 8.80. The number of rotatable bonds is 5. The number of sulfonamides is 1. The molecule has 186 valence electrons. The fourth-order valence-electron chi connectivity index (χ4n) is 4.90. The van der Waals surface area contributed by atoms with E-state index in [9.17, 15) is 18.0 Å². The number of fused-ring (bicyclic) bond motifs is 1. The number of hydrogen-bond acceptors (Lipinski definition) is 6. The van der Waals surface area contributed by atoms with Crippen LogP contribution in [-0.2, 0) is 19.6 Å². The van der Waals surface area contributed by atoms with E-state index in [1.165, 1.54) is 13.2 Å². The Morgan fingerprint density at radius 3 is 2.26 bits per heavy atom. The lowest BCUT2D eigenvalue weighted by Crippen LogP contribution is -2.42. The zero-order valence-corrected chi connectivity index (χ0v) is 21.6. The molecule has 3 aromatic rings. The van der Waals surface area contributed by atoms with Crippen molar-refractivity contribution in [2.75, 3.05) is 11.4 Å². The van der Waals surface area contributed by atoms with Crippen LogP contribution in [0.1, 0.15) is 64.9 Å². The highest BCUT2D eigenvalue weighted by molar-refractivity contribution is 7.93. The van der Waals surface area contributed by atoms with Crippen molar-refractivity contribution in [1.29, 1.82) is 0 Å². The summed E-state index contributed by atoms with van der Waals surface area (Å²) in [6.45, 7) is 7.16. The molecule has 0 unspecified atom stereocenters. The summed E-state index contributed by atoms with van der Waals surface area (Å²) in [5, 5.41) is 0.403. The fraction of sp³-hybridized carbons (Fsp3) is 0.407. The maximum absolute atomic E-state index is 14.1. The SMILES string of the molecule is COC(=O)c1c(C)oc2ccc(N(C(=O)C3CCCCC3)S(=O)(=O)c3cc(C)c(C)cc3C)cc12. The highest BCUT2D eigenvalue weighted by Gasteiger charge is 2.37. The molecule has 0 saturated heterocycles. The monoisotopic (exact) mass is 497 g/mol. The Morgan fingerprint density at radius 2 is 1.60 bits per heavy atom. The minimum Gasteiger partial charge on any atom is -0.465 e. The summed E-state index contributed by atoms with van der Waals surface area (Å²) >= 11 is 0. The molecule has 0 bridgehead atoms. The van der Waals surface area contributed by atoms with Crippen molar-refractivity contribution in [3.05, 3.63) is 58.3 Å². The first-order valence-electron chi connectivity index (χ1n) is 11.8. The van der Waals surface area contributed by atoms with Crippen LogP contribution in [0.3, 0.4) is 0 Å². The van der Waals surface area contributed by atoms with Gasteiger partial charge < -0.3 is 9.15 Å². The Kier molecular flexibility index (Phi) is 6.77. The second-order valence-corrected chi connectivity index (χ2v) is 11.1. The van der Waals surface area contributed by atoms with Crippen LogP contribution in [0.2, 0.25) is 0 Å². The van der Waals surface area contributed by atoms with Crippen LogP contribution in [0.15, 0.2) is 39.6 Å². The minimum absolute atomic E-state index is 0.0985. The smallest absolute Gasteiger partial charge is 0.342 e. The van der Waals surface area contributed by atoms with Gasteiger partial charge in [0.25, 0.3) is 10.0 Å². The molecule has 1 amide bonds. The van der Waals surface area contributed by atoms with Crippen LogP contribution in [0, 0.1) is 33.6 Å². The van der Waals surface area contributed by atoms with Gasteiger partial charge in [0.2, 0.25) is 5.91 Å². The standard InChI is InChI=1S/C27H31NO6S/c1-16-13-18(3)24(14-17(16)2)35(31,32)28(26(29)20-9-7-6-8-10-20)21-11-12-23-22(15-21)25(19(4)34-23)27(30)33-5/h11-15,20H,6-10H2,1-5H3. The normalized spacial score (nSPS) is 14.8. The molecular formula is C27H31NO6S. The summed E-state index contributed by atoms with van der Waals surface area (Å²) in [7, 11) is -2.96. The molecule has 35 heavy (non-hydrogen) atoms. The van der Waals surface area contributed by atoms with Crippen LogP contribution < -0.4 is 4.31 Å². The summed E-state index contributed by atoms with van der Waals surface area (Å²) < 4.78 is 39.8. The highest BCUT2D eigenvalue weighted by Crippen LogP contribution is 2.36. The Morgan fingerprint density at radius 1 is 0.943 bits per heavy atom. The maximum Gasteiger partial charge on any atom is 0.342 e. The molecule has 1 aromatic heterocycles. The molecule has 1 saturated carbocycles. The van der Waals surface area contributed by atoms with E-state index in [1.54, 1.807) is 32.0 Å². The summed E-state index contributed by atoms with van der Waals surface area (Å²) in [4.78, 5) is 26.4. The average molecular weight is 498 g/mol. The second-order valence-electron chi connectivity index (χ2n) is 9.35. The van der Waals surface area contributed by atoms with Crippen LogP contribution in [-0.4, -0.2) is 27.4 Å². The Hall–Kier alpha value is -3.13. The van der Waals surface area contributed by atoms with Gasteiger partial charge in [0.15, 0.2) is 0 Å². The van der Waals surface area contributed by atoms with Gasteiger partial charge in [0.1, 0.15) is 16.9 Å². The lowest BCUT2D eigenvalue weighted by atomic mass is 9.88. The Bertz CT molecular complexity index is 1410. The van der Waals surface area contributed by atoms with E-state index in [0.29, 0.717) is 35.1 Å². The molecule has 1 aliphatic rings. The number of ether oxygens (including phenoxy) is 1. The number of nitrogens with zero attached hydrogens (tertiary/aromatic N) is 1. The quantitative estimate of drug-likeness (QED) is 0.416. The summed E-state index contributed by atoms with van der Waals surface area (Å²) in [6, 6.07) is 8.13. The molecule has 1 heterocycles. The topological polar surface area (TPSA) is 93.9 Å². The van der Waals surface area contributed by atoms with Gasteiger partial charge in [-0.2, -0.15) is 0 Å². The molecule has 2 aromatic carbocycles. The van der Waals surface area contributed by atoms with E-state index in [1.807, 2.05) is 19.9 Å². The van der Waals surface area contributed by atoms with Crippen molar-refractivity contribution in [2.24, 2.45) is 5.92 Å². The molecule has 1 fully saturated rings. The number of carbonyl (C=O) groups is 2. The first-order chi connectivity index (χ1) is 16.6. The number of benzene rings is 2. The third-order valence-electron chi connectivity index (χ3n) is 6.94. The van der Waals surface area contributed by atoms with Crippen LogP contribution in [0.4, 0.5) is 5.69 Å². The van der Waals surface area contributed by atoms with E-state index in [-0.39, 0.29) is 22.1 Å². The van der Waals surface area contributed by atoms with Crippen LogP contribution in [0.5, 0.6) is 0 Å². The van der Waals surface area contributed by atoms with Gasteiger partial charge in [0, 0.05) is 11.3 Å². The Labute approximate surface area is 206 Å². The molecule has 0 radical (unpaired) electrons. The van der Waals surface area contributed by atoms with E-state index < -0.39 is 21.9 Å². The molecule has 0 spiro atoms. The first kappa shape index (κ1) is 25.0. The van der Waals surface area contributed by atoms with Crippen molar-refractivity contribution < 1.29 is 27.2 Å². The highest BCUT2D eigenvalue weighted by atomic mass is 32.2. The van der Waals surface area contributed by atoms with Gasteiger partial charge in [-0.1, -0.05) is 25.3 Å². The second kappa shape index (κ2) is 9.49. The van der Waals surface area contributed by atoms with Crippen molar-refractivity contribution in [1.82, 2.24) is 0 Å². The lowest BCUT2D eigenvalue weighted by Gasteiger charge is -2.29. The molecule has 0 N–H and O–H groups in total. The minimum atomic E-state index is -4.24. The number of aryl methyl sites for hydroxylation is 4. The molecule has 8 heteroatoms. The molecular weight excluding hydrogens is 466 g/mol. The van der Waals surface area contributed by atoms with Crippen molar-refractivity contribution in [3.8, 4) is 0 Å². The summed E-state index contributed by atoms with van der Waals surface area (Å²) in [5.41, 5.74) is 3.19. The van der Waals surface area contributed by atoms with Gasteiger partial charge in [-0.25, -0.2) is 17.5 Å². The largest absolute Gasteiger partial charge is 0.465 e. The molecule has 0 aliphatic heterocycles. The number of amides is 1. The van der Waals surface area contributed by atoms with Crippen molar-refractivity contribution in [2.45, 2.75) is 64.7 Å². The lowest BCUT2D eigenvalue weighted by molar-refractivity contribution is -0.122. The van der Waals surface area contributed by atoms with Gasteiger partial charge in [-0.15, -0.1) is 0 Å². The van der Waals surface area contributed by atoms with E-state index in [4.69, 9.17) is 9.15 Å². The summed E-state index contributed by atoms with van der Waals surface area (Å²) in [6.07, 6.45) is 4.11. The number of hydrogen-bond donors (Lipinski definition) is 0. The number of esters is 1. The molecule has 7 nitrogen and oxygen atoms in total. The molecule has 4 rings (SSSR count). The Balaban J connectivity index is 1.93. The van der Waals surface area contributed by atoms with Gasteiger partial charge in [-0.3, -0.25) is 4.79 Å². The van der Waals surface area contributed by atoms with Gasteiger partial charge in [0.05, 0.1) is 17.7 Å². The number of furan rings is 1. The zero-order valence-electron chi connectivity index (χ0n) is 20.8. The van der Waals surface area contributed by atoms with E-state index in [0.717, 1.165) is 34.7 Å².